The lowest BCUT2D eigenvalue weighted by atomic mass is 9.70. The van der Waals surface area contributed by atoms with Gasteiger partial charge >= 0.3 is 0 Å². The molecule has 0 radical (unpaired) electrons. The van der Waals surface area contributed by atoms with Gasteiger partial charge in [0.2, 0.25) is 0 Å². The first-order valence-electron chi connectivity index (χ1n) is 35.9. The fourth-order valence-electron chi connectivity index (χ4n) is 18.5. The predicted molar refractivity (Wildman–Crippen MR) is 426 cm³/mol. The molecule has 0 amide bonds. The summed E-state index contributed by atoms with van der Waals surface area (Å²) in [6, 6.07) is 134. The lowest BCUT2D eigenvalue weighted by molar-refractivity contribution is 0.794. The van der Waals surface area contributed by atoms with Crippen molar-refractivity contribution in [1.29, 1.82) is 0 Å². The highest BCUT2D eigenvalue weighted by Gasteiger charge is 2.53. The topological polar surface area (TPSA) is 51.6 Å². The van der Waals surface area contributed by atoms with Crippen LogP contribution in [0.25, 0.3) is 167 Å². The van der Waals surface area contributed by atoms with Gasteiger partial charge in [-0.15, -0.1) is 0 Å². The Morgan fingerprint density at radius 2 is 0.519 bits per heavy atom. The number of nitrogens with zero attached hydrogens (tertiary/aromatic N) is 4. The molecule has 0 atom stereocenters. The highest BCUT2D eigenvalue weighted by Crippen LogP contribution is 2.65. The molecule has 0 fully saturated rings. The third kappa shape index (κ3) is 8.36. The van der Waals surface area contributed by atoms with Crippen molar-refractivity contribution in [3.8, 4) is 134 Å². The maximum atomic E-state index is 5.92. The highest BCUT2D eigenvalue weighted by molar-refractivity contribution is 6.07. The summed E-state index contributed by atoms with van der Waals surface area (Å²) in [4.78, 5) is 22.4. The summed E-state index contributed by atoms with van der Waals surface area (Å²) < 4.78 is 0. The van der Waals surface area contributed by atoms with Gasteiger partial charge in [-0.3, -0.25) is 0 Å². The van der Waals surface area contributed by atoms with Crippen LogP contribution < -0.4 is 0 Å². The monoisotopic (exact) mass is 1320 g/mol. The van der Waals surface area contributed by atoms with E-state index >= 15 is 0 Å². The molecule has 22 rings (SSSR count). The first kappa shape index (κ1) is 58.3. The van der Waals surface area contributed by atoms with Crippen molar-refractivity contribution >= 4 is 32.7 Å². The van der Waals surface area contributed by atoms with Gasteiger partial charge in [-0.05, 0) is 176 Å². The minimum atomic E-state index is -0.571. The van der Waals surface area contributed by atoms with Crippen LogP contribution in [-0.4, -0.2) is 19.9 Å². The van der Waals surface area contributed by atoms with Crippen molar-refractivity contribution in [2.45, 2.75) is 10.8 Å². The second-order valence-corrected chi connectivity index (χ2v) is 28.1. The number of aromatic nitrogens is 4. The van der Waals surface area contributed by atoms with Gasteiger partial charge in [-0.1, -0.05) is 315 Å². The summed E-state index contributed by atoms with van der Waals surface area (Å²) in [5.74, 6) is 0.622. The van der Waals surface area contributed by atoms with Crippen LogP contribution in [0.2, 0.25) is 0 Å². The van der Waals surface area contributed by atoms with E-state index in [1.165, 1.54) is 89.0 Å². The zero-order valence-electron chi connectivity index (χ0n) is 56.4. The van der Waals surface area contributed by atoms with Crippen LogP contribution in [-0.2, 0) is 10.8 Å². The van der Waals surface area contributed by atoms with Crippen molar-refractivity contribution in [2.75, 3.05) is 0 Å². The second kappa shape index (κ2) is 22.5. The number of hydrogen-bond donors (Lipinski definition) is 0. The van der Waals surface area contributed by atoms with E-state index in [-0.39, 0.29) is 0 Å². The molecule has 0 bridgehead atoms. The molecule has 0 saturated carbocycles. The van der Waals surface area contributed by atoms with Crippen LogP contribution in [0, 0.1) is 0 Å². The van der Waals surface area contributed by atoms with Crippen molar-refractivity contribution in [3.63, 3.8) is 0 Å². The summed E-state index contributed by atoms with van der Waals surface area (Å²) in [5.41, 5.74) is 37.5. The highest BCUT2D eigenvalue weighted by atomic mass is 14.9. The Morgan fingerprint density at radius 3 is 0.962 bits per heavy atom. The van der Waals surface area contributed by atoms with Gasteiger partial charge in [0.15, 0.2) is 5.82 Å². The molecule has 0 aliphatic heterocycles. The van der Waals surface area contributed by atoms with Crippen molar-refractivity contribution in [3.05, 3.63) is 408 Å². The third-order valence-electron chi connectivity index (χ3n) is 22.9. The van der Waals surface area contributed by atoms with Gasteiger partial charge in [0, 0.05) is 44.0 Å². The molecule has 4 aliphatic carbocycles. The van der Waals surface area contributed by atoms with Gasteiger partial charge in [0.05, 0.1) is 44.5 Å². The van der Waals surface area contributed by atoms with E-state index in [0.29, 0.717) is 5.82 Å². The average Bonchev–Trinajstić information content (AvgIpc) is 1.52. The lowest BCUT2D eigenvalue weighted by Crippen LogP contribution is -2.25. The summed E-state index contributed by atoms with van der Waals surface area (Å²) in [6.07, 6.45) is 0. The zero-order valence-corrected chi connectivity index (χ0v) is 56.4. The normalized spacial score (nSPS) is 13.3. The Bertz CT molecular complexity index is 6520. The zero-order chi connectivity index (χ0) is 68.2. The number of rotatable bonds is 8. The van der Waals surface area contributed by atoms with Gasteiger partial charge in [0.25, 0.3) is 0 Å². The van der Waals surface area contributed by atoms with E-state index in [2.05, 4.69) is 364 Å². The first-order chi connectivity index (χ1) is 51.5. The number of pyridine rings is 2. The smallest absolute Gasteiger partial charge is 0.160 e. The molecule has 18 aromatic rings. The fraction of sp³-hybridized carbons (Fsp3) is 0.0200. The number of para-hydroxylation sites is 2. The Kier molecular flexibility index (Phi) is 12.6. The molecule has 3 heterocycles. The molecule has 0 N–H and O–H groups in total. The number of hydrogen-bond acceptors (Lipinski definition) is 4. The van der Waals surface area contributed by atoms with E-state index in [1.54, 1.807) is 0 Å². The van der Waals surface area contributed by atoms with E-state index < -0.39 is 10.8 Å². The van der Waals surface area contributed by atoms with Crippen LogP contribution in [0.1, 0.15) is 44.5 Å². The second-order valence-electron chi connectivity index (χ2n) is 28.1. The summed E-state index contributed by atoms with van der Waals surface area (Å²) in [6.45, 7) is 0. The largest absolute Gasteiger partial charge is 0.248 e. The Morgan fingerprint density at radius 1 is 0.173 bits per heavy atom. The summed E-state index contributed by atoms with van der Waals surface area (Å²) in [7, 11) is 0. The van der Waals surface area contributed by atoms with Crippen LogP contribution >= 0.6 is 0 Å². The van der Waals surface area contributed by atoms with Crippen LogP contribution in [0.3, 0.4) is 0 Å². The molecule has 4 heteroatoms. The molecule has 0 unspecified atom stereocenters. The SMILES string of the molecule is c1ccc(-c2cc(-c3ccc(-c4nc(-c5ccc(-c6cc(-c7ccccc7)c7ccccc7n6)cc5)c5cc(-c6ccc7c(c6)C6(c8ccccc8-c8ccccc86)c6ccccc6-7)cc(-c6ccc7c(c6)C6(c8ccccc8-c8ccccc86)c6ccccc6-7)c5n4)cc3)nc3ccccc23)cc1. The van der Waals surface area contributed by atoms with Crippen molar-refractivity contribution in [2.24, 2.45) is 0 Å². The van der Waals surface area contributed by atoms with Crippen molar-refractivity contribution in [1.82, 2.24) is 19.9 Å². The quantitative estimate of drug-likeness (QED) is 0.152. The van der Waals surface area contributed by atoms with Crippen LogP contribution in [0.4, 0.5) is 0 Å². The molecule has 4 nitrogen and oxygen atoms in total. The molecule has 0 saturated heterocycles. The lowest BCUT2D eigenvalue weighted by Gasteiger charge is -2.31. The molecule has 104 heavy (non-hydrogen) atoms. The van der Waals surface area contributed by atoms with Gasteiger partial charge < -0.3 is 0 Å². The number of fused-ring (bicyclic) bond motifs is 23. The Balaban J connectivity index is 0.796. The maximum absolute atomic E-state index is 5.92. The van der Waals surface area contributed by atoms with E-state index in [4.69, 9.17) is 19.9 Å². The Hall–Kier alpha value is -13.5. The van der Waals surface area contributed by atoms with Crippen LogP contribution in [0.5, 0.6) is 0 Å². The molecule has 2 spiro atoms. The fourth-order valence-corrected chi connectivity index (χ4v) is 18.5. The summed E-state index contributed by atoms with van der Waals surface area (Å²) >= 11 is 0. The van der Waals surface area contributed by atoms with Gasteiger partial charge in [-0.25, -0.2) is 19.9 Å². The standard InChI is InChI=1S/C100H60N4/c1-3-23-61(24-4-1)80-59-94(101-92-41-21-13-33-78(80)92)63-43-47-65(48-44-63)96-83-56-69(67-51-53-76-74-31-11-19-39-88(74)99(90(76)57-67)84-35-15-7-27-70(84)71-28-8-16-36-85(71)99)55-82(68-52-54-77-75-32-12-20-40-89(75)100(91(77)58-68)86-37-17-9-29-72(86)73-30-10-18-38-87(73)100)97(83)104-98(103-96)66-49-45-64(46-50-66)95-60-81(62-25-5-2-6-26-62)79-34-14-22-42-93(79)102-95/h1-60H. The van der Waals surface area contributed by atoms with Crippen molar-refractivity contribution < 1.29 is 0 Å². The molecule has 480 valence electrons. The molecule has 4 aliphatic rings. The Labute approximate surface area is 602 Å². The van der Waals surface area contributed by atoms with E-state index in [0.717, 1.165) is 117 Å². The minimum Gasteiger partial charge on any atom is -0.248 e. The maximum Gasteiger partial charge on any atom is 0.160 e. The summed E-state index contributed by atoms with van der Waals surface area (Å²) in [5, 5.41) is 3.18. The predicted octanol–water partition coefficient (Wildman–Crippen LogP) is 24.7. The van der Waals surface area contributed by atoms with E-state index in [9.17, 15) is 0 Å². The first-order valence-corrected chi connectivity index (χ1v) is 35.9. The number of benzene rings is 15. The molecule has 3 aromatic heterocycles. The third-order valence-corrected chi connectivity index (χ3v) is 22.9. The van der Waals surface area contributed by atoms with Gasteiger partial charge in [-0.2, -0.15) is 0 Å². The average molecular weight is 1320 g/mol. The van der Waals surface area contributed by atoms with E-state index in [1.807, 2.05) is 0 Å². The molecule has 15 aromatic carbocycles. The molecular weight excluding hydrogens is 1260 g/mol. The van der Waals surface area contributed by atoms with Gasteiger partial charge in [0.1, 0.15) is 0 Å². The van der Waals surface area contributed by atoms with Crippen LogP contribution in [0.15, 0.2) is 364 Å². The minimum absolute atomic E-state index is 0.539. The molecular formula is C100H60N4.